The highest BCUT2D eigenvalue weighted by Gasteiger charge is 2.28. The molecule has 2 aromatic rings. The second-order valence-corrected chi connectivity index (χ2v) is 8.56. The lowest BCUT2D eigenvalue weighted by atomic mass is 9.85. The first-order valence-corrected chi connectivity index (χ1v) is 11.0. The molecule has 0 saturated heterocycles. The Morgan fingerprint density at radius 1 is 1.03 bits per heavy atom. The maximum atomic E-state index is 12.9. The van der Waals surface area contributed by atoms with Crippen molar-refractivity contribution in [2.45, 2.75) is 83.7 Å². The molecule has 0 radical (unpaired) electrons. The molecule has 0 bridgehead atoms. The summed E-state index contributed by atoms with van der Waals surface area (Å²) in [4.78, 5) is 21.3. The van der Waals surface area contributed by atoms with E-state index in [4.69, 9.17) is 5.10 Å². The minimum Gasteiger partial charge on any atom is -0.366 e. The summed E-state index contributed by atoms with van der Waals surface area (Å²) in [5.74, 6) is 1.01. The number of rotatable bonds is 5. The minimum atomic E-state index is 0.0618. The summed E-state index contributed by atoms with van der Waals surface area (Å²) in [7, 11) is 0. The number of hydrogen-bond acceptors (Lipinski definition) is 5. The maximum Gasteiger partial charge on any atom is 0.227 e. The van der Waals surface area contributed by atoms with Crippen LogP contribution in [0.4, 0.5) is 11.5 Å². The monoisotopic (exact) mass is 396 g/mol. The summed E-state index contributed by atoms with van der Waals surface area (Å²) in [6.45, 7) is 4.09. The van der Waals surface area contributed by atoms with E-state index in [2.05, 4.69) is 32.2 Å². The highest BCUT2D eigenvalue weighted by molar-refractivity contribution is 5.93. The number of nitrogens with one attached hydrogen (secondary N) is 2. The van der Waals surface area contributed by atoms with Crippen LogP contribution < -0.4 is 10.6 Å². The SMILES string of the molecule is Cc1nn(C2CCCCC2)c(C)c1NC(=O)C1CCC(Nc2cnccn2)CC1. The molecule has 7 heteroatoms. The summed E-state index contributed by atoms with van der Waals surface area (Å²) < 4.78 is 2.16. The van der Waals surface area contributed by atoms with Gasteiger partial charge in [-0.3, -0.25) is 14.5 Å². The lowest BCUT2D eigenvalue weighted by Crippen LogP contribution is -2.32. The van der Waals surface area contributed by atoms with Gasteiger partial charge in [-0.1, -0.05) is 19.3 Å². The number of nitrogens with zero attached hydrogens (tertiary/aromatic N) is 4. The molecule has 2 aromatic heterocycles. The van der Waals surface area contributed by atoms with Crippen LogP contribution in [0, 0.1) is 19.8 Å². The molecule has 2 N–H and O–H groups in total. The molecule has 2 aliphatic rings. The first-order valence-electron chi connectivity index (χ1n) is 11.0. The van der Waals surface area contributed by atoms with E-state index in [0.29, 0.717) is 12.1 Å². The molecule has 2 heterocycles. The van der Waals surface area contributed by atoms with Gasteiger partial charge in [-0.15, -0.1) is 0 Å². The Bertz CT molecular complexity index is 819. The zero-order chi connectivity index (χ0) is 20.2. The number of aryl methyl sites for hydroxylation is 1. The smallest absolute Gasteiger partial charge is 0.227 e. The number of amides is 1. The molecule has 29 heavy (non-hydrogen) atoms. The van der Waals surface area contributed by atoms with E-state index >= 15 is 0 Å². The van der Waals surface area contributed by atoms with Crippen molar-refractivity contribution < 1.29 is 4.79 Å². The molecule has 1 amide bonds. The Morgan fingerprint density at radius 2 is 1.79 bits per heavy atom. The topological polar surface area (TPSA) is 84.7 Å². The molecule has 0 atom stereocenters. The van der Waals surface area contributed by atoms with E-state index in [1.165, 1.54) is 32.1 Å². The first kappa shape index (κ1) is 19.9. The van der Waals surface area contributed by atoms with Gasteiger partial charge in [0.05, 0.1) is 29.3 Å². The molecule has 4 rings (SSSR count). The Balaban J connectivity index is 1.33. The minimum absolute atomic E-state index is 0.0618. The Hall–Kier alpha value is -2.44. The Kier molecular flexibility index (Phi) is 6.11. The fourth-order valence-electron chi connectivity index (χ4n) is 4.83. The van der Waals surface area contributed by atoms with Gasteiger partial charge in [-0.25, -0.2) is 4.98 Å². The molecule has 0 unspecified atom stereocenters. The van der Waals surface area contributed by atoms with Gasteiger partial charge < -0.3 is 10.6 Å². The van der Waals surface area contributed by atoms with Crippen molar-refractivity contribution in [1.82, 2.24) is 19.7 Å². The molecule has 156 valence electrons. The van der Waals surface area contributed by atoms with Crippen molar-refractivity contribution in [1.29, 1.82) is 0 Å². The Morgan fingerprint density at radius 3 is 2.48 bits per heavy atom. The third kappa shape index (κ3) is 4.60. The van der Waals surface area contributed by atoms with Crippen LogP contribution in [0.25, 0.3) is 0 Å². The Labute approximate surface area is 172 Å². The standard InChI is InChI=1S/C22H32N6O/c1-15-21(16(2)28(27-15)19-6-4-3-5-7-19)26-22(29)17-8-10-18(11-9-17)25-20-14-23-12-13-24-20/h12-14,17-19H,3-11H2,1-2H3,(H,24,25)(H,26,29). The predicted octanol–water partition coefficient (Wildman–Crippen LogP) is 4.40. The third-order valence-electron chi connectivity index (χ3n) is 6.51. The number of anilines is 2. The van der Waals surface area contributed by atoms with Crippen LogP contribution in [-0.4, -0.2) is 31.7 Å². The van der Waals surface area contributed by atoms with Crippen molar-refractivity contribution in [3.63, 3.8) is 0 Å². The van der Waals surface area contributed by atoms with E-state index in [1.807, 2.05) is 6.92 Å². The first-order chi connectivity index (χ1) is 14.1. The van der Waals surface area contributed by atoms with Crippen LogP contribution >= 0.6 is 0 Å². The second-order valence-electron chi connectivity index (χ2n) is 8.56. The molecule has 2 fully saturated rings. The van der Waals surface area contributed by atoms with Crippen LogP contribution in [0.3, 0.4) is 0 Å². The lowest BCUT2D eigenvalue weighted by Gasteiger charge is -2.28. The molecule has 2 aliphatic carbocycles. The highest BCUT2D eigenvalue weighted by atomic mass is 16.1. The second kappa shape index (κ2) is 8.93. The van der Waals surface area contributed by atoms with Crippen LogP contribution in [0.2, 0.25) is 0 Å². The predicted molar refractivity (Wildman–Crippen MR) is 114 cm³/mol. The summed E-state index contributed by atoms with van der Waals surface area (Å²) in [5.41, 5.74) is 2.94. The fraction of sp³-hybridized carbons (Fsp3) is 0.636. The summed E-state index contributed by atoms with van der Waals surface area (Å²) in [6.07, 6.45) is 15.1. The molecular weight excluding hydrogens is 364 g/mol. The molecule has 2 saturated carbocycles. The van der Waals surface area contributed by atoms with Gasteiger partial charge in [-0.2, -0.15) is 5.10 Å². The molecule has 7 nitrogen and oxygen atoms in total. The van der Waals surface area contributed by atoms with Gasteiger partial charge in [-0.05, 0) is 52.4 Å². The lowest BCUT2D eigenvalue weighted by molar-refractivity contribution is -0.120. The van der Waals surface area contributed by atoms with Crippen molar-refractivity contribution in [3.05, 3.63) is 30.0 Å². The van der Waals surface area contributed by atoms with E-state index in [9.17, 15) is 4.79 Å². The number of carbonyl (C=O) groups is 1. The molecular formula is C22H32N6O. The largest absolute Gasteiger partial charge is 0.366 e. The van der Waals surface area contributed by atoms with Gasteiger partial charge >= 0.3 is 0 Å². The number of carbonyl (C=O) groups excluding carboxylic acids is 1. The highest BCUT2D eigenvalue weighted by Crippen LogP contribution is 2.33. The van der Waals surface area contributed by atoms with E-state index in [-0.39, 0.29) is 11.8 Å². The summed E-state index contributed by atoms with van der Waals surface area (Å²) in [5, 5.41) is 11.4. The summed E-state index contributed by atoms with van der Waals surface area (Å²) >= 11 is 0. The van der Waals surface area contributed by atoms with Gasteiger partial charge in [0.2, 0.25) is 5.91 Å². The maximum absolute atomic E-state index is 12.9. The van der Waals surface area contributed by atoms with Gasteiger partial charge in [0.25, 0.3) is 0 Å². The van der Waals surface area contributed by atoms with E-state index in [1.54, 1.807) is 18.6 Å². The van der Waals surface area contributed by atoms with Gasteiger partial charge in [0, 0.05) is 24.4 Å². The van der Waals surface area contributed by atoms with Crippen molar-refractivity contribution in [2.24, 2.45) is 5.92 Å². The van der Waals surface area contributed by atoms with Crippen LogP contribution in [0.5, 0.6) is 0 Å². The van der Waals surface area contributed by atoms with E-state index < -0.39 is 0 Å². The number of hydrogen-bond donors (Lipinski definition) is 2. The summed E-state index contributed by atoms with van der Waals surface area (Å²) in [6, 6.07) is 0.837. The van der Waals surface area contributed by atoms with E-state index in [0.717, 1.165) is 48.6 Å². The van der Waals surface area contributed by atoms with Gasteiger partial charge in [0.1, 0.15) is 5.82 Å². The molecule has 0 aromatic carbocycles. The van der Waals surface area contributed by atoms with Crippen molar-refractivity contribution >= 4 is 17.4 Å². The quantitative estimate of drug-likeness (QED) is 0.782. The van der Waals surface area contributed by atoms with Crippen molar-refractivity contribution in [3.8, 4) is 0 Å². The normalized spacial score (nSPS) is 23.0. The zero-order valence-corrected chi connectivity index (χ0v) is 17.5. The van der Waals surface area contributed by atoms with Gasteiger partial charge in [0.15, 0.2) is 0 Å². The van der Waals surface area contributed by atoms with Crippen LogP contribution in [0.1, 0.15) is 75.2 Å². The molecule has 0 spiro atoms. The number of aromatic nitrogens is 4. The molecule has 0 aliphatic heterocycles. The van der Waals surface area contributed by atoms with Crippen molar-refractivity contribution in [2.75, 3.05) is 10.6 Å². The van der Waals surface area contributed by atoms with Crippen LogP contribution in [0.15, 0.2) is 18.6 Å². The average molecular weight is 397 g/mol. The third-order valence-corrected chi connectivity index (χ3v) is 6.51. The van der Waals surface area contributed by atoms with Crippen LogP contribution in [-0.2, 0) is 4.79 Å². The zero-order valence-electron chi connectivity index (χ0n) is 17.5. The average Bonchev–Trinajstić information content (AvgIpc) is 3.04. The fourth-order valence-corrected chi connectivity index (χ4v) is 4.83.